The first-order valence-corrected chi connectivity index (χ1v) is 7.01. The molecule has 0 aliphatic carbocycles. The minimum absolute atomic E-state index is 0.396. The highest BCUT2D eigenvalue weighted by molar-refractivity contribution is 5.62. The molecule has 2 aliphatic heterocycles. The minimum Gasteiger partial charge on any atom is -0.399 e. The monoisotopic (exact) mass is 246 g/mol. The van der Waals surface area contributed by atoms with Gasteiger partial charge in [-0.25, -0.2) is 0 Å². The summed E-state index contributed by atoms with van der Waals surface area (Å²) in [4.78, 5) is 2.46. The largest absolute Gasteiger partial charge is 0.399 e. The summed E-state index contributed by atoms with van der Waals surface area (Å²) >= 11 is 0. The van der Waals surface area contributed by atoms with Gasteiger partial charge in [0.1, 0.15) is 0 Å². The van der Waals surface area contributed by atoms with E-state index in [0.717, 1.165) is 18.8 Å². The van der Waals surface area contributed by atoms with Gasteiger partial charge in [0.2, 0.25) is 0 Å². The third-order valence-electron chi connectivity index (χ3n) is 4.07. The molecule has 3 heteroatoms. The first-order chi connectivity index (χ1) is 8.72. The molecule has 0 bridgehead atoms. The SMILES string of the molecule is CC1CCC(CN2CCCc3ccc(N)cc32)O1. The maximum absolute atomic E-state index is 5.94. The van der Waals surface area contributed by atoms with E-state index in [2.05, 4.69) is 24.0 Å². The predicted molar refractivity (Wildman–Crippen MR) is 75.0 cm³/mol. The van der Waals surface area contributed by atoms with Crippen molar-refractivity contribution >= 4 is 11.4 Å². The van der Waals surface area contributed by atoms with Crippen LogP contribution in [-0.2, 0) is 11.2 Å². The van der Waals surface area contributed by atoms with E-state index in [1.54, 1.807) is 0 Å². The first kappa shape index (κ1) is 11.8. The lowest BCUT2D eigenvalue weighted by Gasteiger charge is -2.33. The summed E-state index contributed by atoms with van der Waals surface area (Å²) in [5, 5.41) is 0. The second-order valence-corrected chi connectivity index (χ2v) is 5.58. The Bertz CT molecular complexity index is 433. The zero-order chi connectivity index (χ0) is 12.5. The molecule has 98 valence electrons. The average molecular weight is 246 g/mol. The summed E-state index contributed by atoms with van der Waals surface area (Å²) in [5.74, 6) is 0. The molecule has 18 heavy (non-hydrogen) atoms. The molecule has 0 amide bonds. The molecule has 0 aromatic heterocycles. The number of hydrogen-bond acceptors (Lipinski definition) is 3. The summed E-state index contributed by atoms with van der Waals surface area (Å²) in [6.07, 6.45) is 5.62. The number of rotatable bonds is 2. The van der Waals surface area contributed by atoms with Crippen molar-refractivity contribution in [2.24, 2.45) is 0 Å². The van der Waals surface area contributed by atoms with Gasteiger partial charge in [-0.1, -0.05) is 6.07 Å². The van der Waals surface area contributed by atoms with Gasteiger partial charge in [0, 0.05) is 24.5 Å². The number of benzene rings is 1. The molecule has 2 unspecified atom stereocenters. The first-order valence-electron chi connectivity index (χ1n) is 7.01. The summed E-state index contributed by atoms with van der Waals surface area (Å²) in [6.45, 7) is 4.31. The third-order valence-corrected chi connectivity index (χ3v) is 4.07. The molecule has 2 heterocycles. The van der Waals surface area contributed by atoms with Gasteiger partial charge in [-0.15, -0.1) is 0 Å². The standard InChI is InChI=1S/C15H22N2O/c1-11-4-7-14(18-11)10-17-8-2-3-12-5-6-13(16)9-15(12)17/h5-6,9,11,14H,2-4,7-8,10,16H2,1H3. The van der Waals surface area contributed by atoms with Gasteiger partial charge in [0.25, 0.3) is 0 Å². The molecule has 1 saturated heterocycles. The van der Waals surface area contributed by atoms with Crippen LogP contribution in [0.25, 0.3) is 0 Å². The Labute approximate surface area is 109 Å². The highest BCUT2D eigenvalue weighted by Crippen LogP contribution is 2.30. The van der Waals surface area contributed by atoms with Gasteiger partial charge in [-0.3, -0.25) is 0 Å². The number of aryl methyl sites for hydroxylation is 1. The van der Waals surface area contributed by atoms with Crippen molar-refractivity contribution < 1.29 is 4.74 Å². The maximum Gasteiger partial charge on any atom is 0.0754 e. The number of hydrogen-bond donors (Lipinski definition) is 1. The fourth-order valence-electron chi connectivity index (χ4n) is 3.12. The number of nitrogen functional groups attached to an aromatic ring is 1. The molecule has 3 nitrogen and oxygen atoms in total. The van der Waals surface area contributed by atoms with Crippen LogP contribution in [0.3, 0.4) is 0 Å². The molecule has 3 rings (SSSR count). The smallest absolute Gasteiger partial charge is 0.0754 e. The topological polar surface area (TPSA) is 38.5 Å². The molecule has 2 N–H and O–H groups in total. The van der Waals surface area contributed by atoms with E-state index >= 15 is 0 Å². The summed E-state index contributed by atoms with van der Waals surface area (Å²) in [6, 6.07) is 6.30. The van der Waals surface area contributed by atoms with Crippen molar-refractivity contribution in [1.82, 2.24) is 0 Å². The fourth-order valence-corrected chi connectivity index (χ4v) is 3.12. The van der Waals surface area contributed by atoms with Crippen LogP contribution in [0.15, 0.2) is 18.2 Å². The van der Waals surface area contributed by atoms with Crippen LogP contribution < -0.4 is 10.6 Å². The lowest BCUT2D eigenvalue weighted by molar-refractivity contribution is 0.0598. The molecule has 2 aliphatic rings. The Hall–Kier alpha value is -1.22. The van der Waals surface area contributed by atoms with Crippen LogP contribution in [0.4, 0.5) is 11.4 Å². The minimum atomic E-state index is 0.396. The van der Waals surface area contributed by atoms with Crippen LogP contribution in [0.2, 0.25) is 0 Å². The normalized spacial score (nSPS) is 27.3. The molecule has 1 fully saturated rings. The summed E-state index contributed by atoms with van der Waals surface area (Å²) in [5.41, 5.74) is 9.53. The molecular weight excluding hydrogens is 224 g/mol. The highest BCUT2D eigenvalue weighted by Gasteiger charge is 2.26. The molecule has 2 atom stereocenters. The Kier molecular flexibility index (Phi) is 3.16. The third kappa shape index (κ3) is 2.32. The maximum atomic E-state index is 5.94. The second kappa shape index (κ2) is 4.81. The van der Waals surface area contributed by atoms with Gasteiger partial charge in [-0.05, 0) is 50.3 Å². The zero-order valence-corrected chi connectivity index (χ0v) is 11.1. The molecular formula is C15H22N2O. The number of fused-ring (bicyclic) bond motifs is 1. The van der Waals surface area contributed by atoms with Gasteiger partial charge >= 0.3 is 0 Å². The quantitative estimate of drug-likeness (QED) is 0.815. The number of nitrogens with two attached hydrogens (primary N) is 1. The molecule has 0 spiro atoms. The van der Waals surface area contributed by atoms with E-state index in [1.807, 2.05) is 6.07 Å². The van der Waals surface area contributed by atoms with Crippen molar-refractivity contribution in [3.63, 3.8) is 0 Å². The second-order valence-electron chi connectivity index (χ2n) is 5.58. The van der Waals surface area contributed by atoms with Crippen LogP contribution in [0.5, 0.6) is 0 Å². The van der Waals surface area contributed by atoms with E-state index < -0.39 is 0 Å². The van der Waals surface area contributed by atoms with Gasteiger partial charge in [-0.2, -0.15) is 0 Å². The molecule has 0 saturated carbocycles. The lowest BCUT2D eigenvalue weighted by Crippen LogP contribution is -2.36. The van der Waals surface area contributed by atoms with Crippen molar-refractivity contribution in [2.75, 3.05) is 23.7 Å². The van der Waals surface area contributed by atoms with Crippen LogP contribution in [-0.4, -0.2) is 25.3 Å². The van der Waals surface area contributed by atoms with Crippen LogP contribution in [0.1, 0.15) is 31.7 Å². The number of ether oxygens (including phenoxy) is 1. The van der Waals surface area contributed by atoms with Crippen molar-refractivity contribution in [2.45, 2.75) is 44.8 Å². The van der Waals surface area contributed by atoms with Crippen molar-refractivity contribution in [3.8, 4) is 0 Å². The fraction of sp³-hybridized carbons (Fsp3) is 0.600. The van der Waals surface area contributed by atoms with E-state index in [4.69, 9.17) is 10.5 Å². The molecule has 0 radical (unpaired) electrons. The Morgan fingerprint density at radius 3 is 3.06 bits per heavy atom. The zero-order valence-electron chi connectivity index (χ0n) is 11.1. The Balaban J connectivity index is 1.76. The van der Waals surface area contributed by atoms with Crippen LogP contribution in [0, 0.1) is 0 Å². The number of anilines is 2. The summed E-state index contributed by atoms with van der Waals surface area (Å²) < 4.78 is 5.94. The van der Waals surface area contributed by atoms with E-state index in [1.165, 1.54) is 36.9 Å². The average Bonchev–Trinajstić information content (AvgIpc) is 2.76. The van der Waals surface area contributed by atoms with Crippen LogP contribution >= 0.6 is 0 Å². The Morgan fingerprint density at radius 1 is 1.39 bits per heavy atom. The highest BCUT2D eigenvalue weighted by atomic mass is 16.5. The van der Waals surface area contributed by atoms with Gasteiger partial charge in [0.15, 0.2) is 0 Å². The van der Waals surface area contributed by atoms with Crippen molar-refractivity contribution in [3.05, 3.63) is 23.8 Å². The lowest BCUT2D eigenvalue weighted by atomic mass is 10.0. The van der Waals surface area contributed by atoms with Gasteiger partial charge < -0.3 is 15.4 Å². The van der Waals surface area contributed by atoms with Gasteiger partial charge in [0.05, 0.1) is 12.2 Å². The Morgan fingerprint density at radius 2 is 2.28 bits per heavy atom. The number of nitrogens with zero attached hydrogens (tertiary/aromatic N) is 1. The predicted octanol–water partition coefficient (Wildman–Crippen LogP) is 2.59. The van der Waals surface area contributed by atoms with Crippen molar-refractivity contribution in [1.29, 1.82) is 0 Å². The molecule has 1 aromatic rings. The van der Waals surface area contributed by atoms with E-state index in [-0.39, 0.29) is 0 Å². The van der Waals surface area contributed by atoms with E-state index in [9.17, 15) is 0 Å². The van der Waals surface area contributed by atoms with E-state index in [0.29, 0.717) is 12.2 Å². The molecule has 1 aromatic carbocycles. The summed E-state index contributed by atoms with van der Waals surface area (Å²) in [7, 11) is 0.